The number of hydrogen-bond donors (Lipinski definition) is 1. The summed E-state index contributed by atoms with van der Waals surface area (Å²) in [6, 6.07) is 12.7. The number of benzene rings is 2. The normalized spacial score (nSPS) is 15.4. The lowest BCUT2D eigenvalue weighted by Crippen LogP contribution is -2.50. The maximum absolute atomic E-state index is 13.3. The highest BCUT2D eigenvalue weighted by Gasteiger charge is 2.29. The van der Waals surface area contributed by atoms with Crippen LogP contribution in [0.25, 0.3) is 0 Å². The van der Waals surface area contributed by atoms with Gasteiger partial charge in [0, 0.05) is 28.2 Å². The summed E-state index contributed by atoms with van der Waals surface area (Å²) in [6.45, 7) is 3.95. The molecule has 0 unspecified atom stereocenters. The minimum absolute atomic E-state index is 0.132. The van der Waals surface area contributed by atoms with Crippen LogP contribution in [0.3, 0.4) is 0 Å². The van der Waals surface area contributed by atoms with Gasteiger partial charge in [0.2, 0.25) is 11.8 Å². The van der Waals surface area contributed by atoms with Crippen molar-refractivity contribution in [3.63, 3.8) is 0 Å². The quantitative estimate of drug-likeness (QED) is 0.574. The Hall–Kier alpha value is -2.04. The highest BCUT2D eigenvalue weighted by Crippen LogP contribution is 2.27. The third-order valence-corrected chi connectivity index (χ3v) is 6.66. The van der Waals surface area contributed by atoms with Crippen molar-refractivity contribution in [2.75, 3.05) is 0 Å². The summed E-state index contributed by atoms with van der Waals surface area (Å²) in [5, 5.41) is 4.12. The van der Waals surface area contributed by atoms with E-state index in [2.05, 4.69) is 5.32 Å². The molecule has 1 aliphatic rings. The molecule has 0 saturated heterocycles. The van der Waals surface area contributed by atoms with E-state index in [9.17, 15) is 9.59 Å². The number of aryl methyl sites for hydroxylation is 1. The van der Waals surface area contributed by atoms with Gasteiger partial charge in [0.25, 0.3) is 0 Å². The van der Waals surface area contributed by atoms with Crippen LogP contribution in [-0.4, -0.2) is 28.8 Å². The van der Waals surface area contributed by atoms with E-state index in [4.69, 9.17) is 23.2 Å². The topological polar surface area (TPSA) is 49.4 Å². The van der Waals surface area contributed by atoms with Crippen LogP contribution >= 0.6 is 23.2 Å². The van der Waals surface area contributed by atoms with E-state index >= 15 is 0 Å². The summed E-state index contributed by atoms with van der Waals surface area (Å²) < 4.78 is 0. The zero-order valence-corrected chi connectivity index (χ0v) is 19.7. The Morgan fingerprint density at radius 3 is 2.35 bits per heavy atom. The van der Waals surface area contributed by atoms with Crippen molar-refractivity contribution in [2.24, 2.45) is 0 Å². The van der Waals surface area contributed by atoms with Crippen molar-refractivity contribution in [2.45, 2.75) is 71.0 Å². The van der Waals surface area contributed by atoms with Crippen molar-refractivity contribution < 1.29 is 9.59 Å². The molecule has 0 aromatic heterocycles. The first-order valence-electron chi connectivity index (χ1n) is 10.9. The van der Waals surface area contributed by atoms with E-state index in [1.54, 1.807) is 30.0 Å². The smallest absolute Gasteiger partial charge is 0.242 e. The first-order valence-corrected chi connectivity index (χ1v) is 11.7. The Morgan fingerprint density at radius 2 is 1.71 bits per heavy atom. The molecule has 4 nitrogen and oxygen atoms in total. The van der Waals surface area contributed by atoms with Crippen molar-refractivity contribution in [3.8, 4) is 0 Å². The van der Waals surface area contributed by atoms with Gasteiger partial charge in [-0.25, -0.2) is 0 Å². The average Bonchev–Trinajstić information content (AvgIpc) is 2.74. The monoisotopic (exact) mass is 460 g/mol. The predicted molar refractivity (Wildman–Crippen MR) is 126 cm³/mol. The van der Waals surface area contributed by atoms with Crippen LogP contribution in [0.5, 0.6) is 0 Å². The number of nitrogens with one attached hydrogen (secondary N) is 1. The molecule has 1 saturated carbocycles. The Labute approximate surface area is 194 Å². The third kappa shape index (κ3) is 6.47. The third-order valence-electron chi connectivity index (χ3n) is 5.95. The van der Waals surface area contributed by atoms with E-state index < -0.39 is 6.04 Å². The highest BCUT2D eigenvalue weighted by atomic mass is 35.5. The second-order valence-electron chi connectivity index (χ2n) is 8.41. The lowest BCUT2D eigenvalue weighted by atomic mass is 9.95. The molecule has 2 aromatic carbocycles. The molecule has 166 valence electrons. The molecule has 1 fully saturated rings. The number of amides is 2. The number of halogens is 2. The molecule has 2 amide bonds. The first kappa shape index (κ1) is 23.6. The van der Waals surface area contributed by atoms with Gasteiger partial charge in [0.1, 0.15) is 6.04 Å². The number of rotatable bonds is 7. The van der Waals surface area contributed by atoms with Gasteiger partial charge in [-0.05, 0) is 44.4 Å². The largest absolute Gasteiger partial charge is 0.352 e. The minimum Gasteiger partial charge on any atom is -0.352 e. The Morgan fingerprint density at radius 1 is 1.06 bits per heavy atom. The number of carbonyl (C=O) groups is 2. The Kier molecular flexibility index (Phi) is 8.39. The summed E-state index contributed by atoms with van der Waals surface area (Å²) in [7, 11) is 0. The fourth-order valence-electron chi connectivity index (χ4n) is 4.10. The fraction of sp³-hybridized carbons (Fsp3) is 0.440. The summed E-state index contributed by atoms with van der Waals surface area (Å²) in [5.74, 6) is -0.263. The molecule has 1 aliphatic carbocycles. The lowest BCUT2D eigenvalue weighted by molar-refractivity contribution is -0.140. The van der Waals surface area contributed by atoms with E-state index in [-0.39, 0.29) is 30.8 Å². The molecule has 2 aromatic rings. The average molecular weight is 461 g/mol. The molecule has 1 N–H and O–H groups in total. The second-order valence-corrected chi connectivity index (χ2v) is 9.22. The van der Waals surface area contributed by atoms with Gasteiger partial charge in [-0.3, -0.25) is 9.59 Å². The summed E-state index contributed by atoms with van der Waals surface area (Å²) in [6.07, 6.45) is 5.67. The van der Waals surface area contributed by atoms with Crippen molar-refractivity contribution >= 4 is 35.0 Å². The lowest BCUT2D eigenvalue weighted by Gasteiger charge is -2.31. The summed E-state index contributed by atoms with van der Waals surface area (Å²) >= 11 is 12.8. The van der Waals surface area contributed by atoms with Gasteiger partial charge in [0.05, 0.1) is 6.42 Å². The predicted octanol–water partition coefficient (Wildman–Crippen LogP) is 5.71. The summed E-state index contributed by atoms with van der Waals surface area (Å²) in [4.78, 5) is 28.0. The number of nitrogens with zero attached hydrogens (tertiary/aromatic N) is 1. The Balaban J connectivity index is 1.81. The number of hydrogen-bond acceptors (Lipinski definition) is 2. The standard InChI is InChI=1S/C25H30Cl2N2O2/c1-17-8-6-9-19(14-17)15-24(30)29(16-21-22(26)12-7-13-23(21)27)18(2)25(31)28-20-10-4-3-5-11-20/h6-9,12-14,18,20H,3-5,10-11,15-16H2,1-2H3,(H,28,31)/t18-/m1/s1. The molecule has 1 atom stereocenters. The van der Waals surface area contributed by atoms with Crippen LogP contribution in [0.2, 0.25) is 10.0 Å². The highest BCUT2D eigenvalue weighted by molar-refractivity contribution is 6.36. The minimum atomic E-state index is -0.633. The van der Waals surface area contributed by atoms with Crippen molar-refractivity contribution in [3.05, 3.63) is 69.2 Å². The van der Waals surface area contributed by atoms with Crippen LogP contribution < -0.4 is 5.32 Å². The molecule has 6 heteroatoms. The van der Waals surface area contributed by atoms with E-state index in [1.165, 1.54) is 6.42 Å². The molecule has 0 heterocycles. The second kappa shape index (κ2) is 11.0. The maximum Gasteiger partial charge on any atom is 0.242 e. The van der Waals surface area contributed by atoms with Gasteiger partial charge < -0.3 is 10.2 Å². The van der Waals surface area contributed by atoms with Gasteiger partial charge in [-0.2, -0.15) is 0 Å². The van der Waals surface area contributed by atoms with Gasteiger partial charge in [-0.1, -0.05) is 78.4 Å². The molecule has 0 spiro atoms. The maximum atomic E-state index is 13.3. The molecule has 31 heavy (non-hydrogen) atoms. The van der Waals surface area contributed by atoms with Gasteiger partial charge >= 0.3 is 0 Å². The van der Waals surface area contributed by atoms with Crippen LogP contribution in [0, 0.1) is 6.92 Å². The first-order chi connectivity index (χ1) is 14.8. The van der Waals surface area contributed by atoms with Crippen LogP contribution in [0.4, 0.5) is 0 Å². The SMILES string of the molecule is Cc1cccc(CC(=O)N(Cc2c(Cl)cccc2Cl)[C@H](C)C(=O)NC2CCCCC2)c1. The van der Waals surface area contributed by atoms with E-state index in [0.29, 0.717) is 15.6 Å². The molecular formula is C25H30Cl2N2O2. The molecule has 3 rings (SSSR count). The van der Waals surface area contributed by atoms with Gasteiger partial charge in [-0.15, -0.1) is 0 Å². The molecule has 0 bridgehead atoms. The van der Waals surface area contributed by atoms with Crippen molar-refractivity contribution in [1.82, 2.24) is 10.2 Å². The van der Waals surface area contributed by atoms with Crippen LogP contribution in [0.15, 0.2) is 42.5 Å². The van der Waals surface area contributed by atoms with Gasteiger partial charge in [0.15, 0.2) is 0 Å². The zero-order valence-electron chi connectivity index (χ0n) is 18.2. The zero-order chi connectivity index (χ0) is 22.4. The van der Waals surface area contributed by atoms with E-state index in [0.717, 1.165) is 36.8 Å². The molecule has 0 aliphatic heterocycles. The van der Waals surface area contributed by atoms with E-state index in [1.807, 2.05) is 31.2 Å². The Bertz CT molecular complexity index is 905. The molecule has 0 radical (unpaired) electrons. The van der Waals surface area contributed by atoms with Crippen LogP contribution in [0.1, 0.15) is 55.7 Å². The summed E-state index contributed by atoms with van der Waals surface area (Å²) in [5.41, 5.74) is 2.66. The van der Waals surface area contributed by atoms with Crippen LogP contribution in [-0.2, 0) is 22.6 Å². The molecular weight excluding hydrogens is 431 g/mol. The van der Waals surface area contributed by atoms with Crippen molar-refractivity contribution in [1.29, 1.82) is 0 Å². The number of carbonyl (C=O) groups excluding carboxylic acids is 2. The fourth-order valence-corrected chi connectivity index (χ4v) is 4.62.